The zero-order valence-electron chi connectivity index (χ0n) is 8.32. The van der Waals surface area contributed by atoms with Gasteiger partial charge in [-0.3, -0.25) is 4.79 Å². The summed E-state index contributed by atoms with van der Waals surface area (Å²) in [6.07, 6.45) is 4.34. The maximum absolute atomic E-state index is 10.7. The molecule has 0 amide bonds. The Labute approximate surface area is 83.0 Å². The number of rotatable bonds is 4. The average Bonchev–Trinajstić information content (AvgIpc) is 2.43. The molecule has 4 heteroatoms. The summed E-state index contributed by atoms with van der Waals surface area (Å²) < 4.78 is 0. The first kappa shape index (κ1) is 10.9. The van der Waals surface area contributed by atoms with Gasteiger partial charge in [0.1, 0.15) is 0 Å². The van der Waals surface area contributed by atoms with Gasteiger partial charge >= 0.3 is 5.97 Å². The first-order valence-corrected chi connectivity index (χ1v) is 4.83. The Kier molecular flexibility index (Phi) is 3.42. The van der Waals surface area contributed by atoms with E-state index in [4.69, 9.17) is 5.11 Å². The van der Waals surface area contributed by atoms with E-state index in [0.29, 0.717) is 12.5 Å². The van der Waals surface area contributed by atoms with Gasteiger partial charge in [-0.1, -0.05) is 13.3 Å². The van der Waals surface area contributed by atoms with E-state index in [9.17, 15) is 9.59 Å². The third-order valence-electron chi connectivity index (χ3n) is 2.95. The fourth-order valence-corrected chi connectivity index (χ4v) is 2.38. The lowest BCUT2D eigenvalue weighted by molar-refractivity contribution is -0.139. The van der Waals surface area contributed by atoms with Gasteiger partial charge in [-0.05, 0) is 18.8 Å². The van der Waals surface area contributed by atoms with Crippen molar-refractivity contribution in [3.8, 4) is 0 Å². The number of nitrogens with zero attached hydrogens (tertiary/aromatic N) is 1. The lowest BCUT2D eigenvalue weighted by atomic mass is 9.82. The molecule has 0 spiro atoms. The molecule has 14 heavy (non-hydrogen) atoms. The molecular weight excluding hydrogens is 182 g/mol. The second-order valence-corrected chi connectivity index (χ2v) is 4.33. The van der Waals surface area contributed by atoms with Crippen molar-refractivity contribution in [3.63, 3.8) is 0 Å². The van der Waals surface area contributed by atoms with E-state index in [0.717, 1.165) is 19.3 Å². The summed E-state index contributed by atoms with van der Waals surface area (Å²) in [5, 5.41) is 8.78. The van der Waals surface area contributed by atoms with Crippen LogP contribution in [0.15, 0.2) is 4.99 Å². The summed E-state index contributed by atoms with van der Waals surface area (Å²) >= 11 is 0. The first-order valence-electron chi connectivity index (χ1n) is 4.83. The SMILES string of the molecule is C[C@@H]1CC[C@](CN=C=O)(CC(=O)O)C1. The van der Waals surface area contributed by atoms with Crippen LogP contribution < -0.4 is 0 Å². The summed E-state index contributed by atoms with van der Waals surface area (Å²) in [5.74, 6) is -0.267. The largest absolute Gasteiger partial charge is 0.481 e. The minimum absolute atomic E-state index is 0.114. The third kappa shape index (κ3) is 2.67. The topological polar surface area (TPSA) is 66.7 Å². The molecule has 4 nitrogen and oxygen atoms in total. The van der Waals surface area contributed by atoms with Crippen LogP contribution in [0.4, 0.5) is 0 Å². The average molecular weight is 197 g/mol. The molecule has 1 saturated carbocycles. The summed E-state index contributed by atoms with van der Waals surface area (Å²) in [6.45, 7) is 2.42. The molecule has 0 aliphatic heterocycles. The second-order valence-electron chi connectivity index (χ2n) is 4.33. The molecule has 0 radical (unpaired) electrons. The third-order valence-corrected chi connectivity index (χ3v) is 2.95. The fraction of sp³-hybridized carbons (Fsp3) is 0.800. The predicted octanol–water partition coefficient (Wildman–Crippen LogP) is 1.60. The zero-order valence-corrected chi connectivity index (χ0v) is 8.32. The Balaban J connectivity index is 2.69. The van der Waals surface area contributed by atoms with Crippen molar-refractivity contribution in [2.75, 3.05) is 6.54 Å². The number of carbonyl (C=O) groups excluding carboxylic acids is 1. The standard InChI is InChI=1S/C10H15NO3/c1-8-2-3-10(4-8,5-9(13)14)6-11-7-12/h8H,2-6H2,1H3,(H,13,14)/t8-,10-/m1/s1. The van der Waals surface area contributed by atoms with E-state index < -0.39 is 5.97 Å². The molecule has 0 heterocycles. The van der Waals surface area contributed by atoms with Crippen LogP contribution in [0.3, 0.4) is 0 Å². The molecule has 2 atom stereocenters. The number of hydrogen-bond donors (Lipinski definition) is 1. The number of carboxylic acids is 1. The lowest BCUT2D eigenvalue weighted by Crippen LogP contribution is -2.24. The van der Waals surface area contributed by atoms with E-state index in [2.05, 4.69) is 11.9 Å². The lowest BCUT2D eigenvalue weighted by Gasteiger charge is -2.24. The van der Waals surface area contributed by atoms with Crippen molar-refractivity contribution in [3.05, 3.63) is 0 Å². The highest BCUT2D eigenvalue weighted by atomic mass is 16.4. The molecule has 1 aliphatic rings. The van der Waals surface area contributed by atoms with Crippen LogP contribution in [0.5, 0.6) is 0 Å². The van der Waals surface area contributed by atoms with Gasteiger partial charge < -0.3 is 5.11 Å². The second kappa shape index (κ2) is 4.38. The Morgan fingerprint density at radius 3 is 2.86 bits per heavy atom. The van der Waals surface area contributed by atoms with Crippen molar-refractivity contribution in [2.24, 2.45) is 16.3 Å². The molecule has 0 bridgehead atoms. The van der Waals surface area contributed by atoms with Gasteiger partial charge in [0.2, 0.25) is 6.08 Å². The van der Waals surface area contributed by atoms with Gasteiger partial charge in [0, 0.05) is 5.41 Å². The molecule has 0 aromatic rings. The fourth-order valence-electron chi connectivity index (χ4n) is 2.38. The Morgan fingerprint density at radius 2 is 2.43 bits per heavy atom. The molecule has 78 valence electrons. The number of carbonyl (C=O) groups is 1. The Hall–Kier alpha value is -1.15. The van der Waals surface area contributed by atoms with Crippen molar-refractivity contribution in [1.82, 2.24) is 0 Å². The maximum atomic E-state index is 10.7. The molecule has 0 saturated heterocycles. The molecule has 0 aromatic heterocycles. The van der Waals surface area contributed by atoms with Crippen LogP contribution in [-0.4, -0.2) is 23.7 Å². The molecule has 1 aliphatic carbocycles. The van der Waals surface area contributed by atoms with Gasteiger partial charge in [-0.15, -0.1) is 0 Å². The van der Waals surface area contributed by atoms with Crippen LogP contribution in [0.25, 0.3) is 0 Å². The highest BCUT2D eigenvalue weighted by molar-refractivity contribution is 5.67. The Morgan fingerprint density at radius 1 is 1.71 bits per heavy atom. The van der Waals surface area contributed by atoms with E-state index in [-0.39, 0.29) is 11.8 Å². The van der Waals surface area contributed by atoms with E-state index in [1.165, 1.54) is 6.08 Å². The number of isocyanates is 1. The molecule has 1 N–H and O–H groups in total. The predicted molar refractivity (Wildman–Crippen MR) is 50.7 cm³/mol. The molecular formula is C10H15NO3. The normalized spacial score (nSPS) is 31.1. The number of hydrogen-bond acceptors (Lipinski definition) is 3. The van der Waals surface area contributed by atoms with Crippen molar-refractivity contribution < 1.29 is 14.7 Å². The van der Waals surface area contributed by atoms with Crippen molar-refractivity contribution in [1.29, 1.82) is 0 Å². The highest BCUT2D eigenvalue weighted by Gasteiger charge is 2.39. The first-order chi connectivity index (χ1) is 6.58. The van der Waals surface area contributed by atoms with Gasteiger partial charge in [-0.25, -0.2) is 9.79 Å². The monoisotopic (exact) mass is 197 g/mol. The Bertz CT molecular complexity index is 265. The quantitative estimate of drug-likeness (QED) is 0.550. The van der Waals surface area contributed by atoms with E-state index in [1.807, 2.05) is 0 Å². The summed E-state index contributed by atoms with van der Waals surface area (Å²) in [5.41, 5.74) is -0.289. The number of carboxylic acid groups (broad SMARTS) is 1. The van der Waals surface area contributed by atoms with Crippen LogP contribution in [0.2, 0.25) is 0 Å². The van der Waals surface area contributed by atoms with Gasteiger partial charge in [0.05, 0.1) is 13.0 Å². The highest BCUT2D eigenvalue weighted by Crippen LogP contribution is 2.44. The molecule has 1 fully saturated rings. The number of aliphatic imine (C=N–C) groups is 1. The van der Waals surface area contributed by atoms with Crippen molar-refractivity contribution in [2.45, 2.75) is 32.6 Å². The molecule has 0 unspecified atom stereocenters. The van der Waals surface area contributed by atoms with Crippen LogP contribution in [-0.2, 0) is 9.59 Å². The van der Waals surface area contributed by atoms with Gasteiger partial charge in [-0.2, -0.15) is 0 Å². The maximum Gasteiger partial charge on any atom is 0.303 e. The molecule has 1 rings (SSSR count). The van der Waals surface area contributed by atoms with Crippen LogP contribution in [0.1, 0.15) is 32.6 Å². The smallest absolute Gasteiger partial charge is 0.303 e. The van der Waals surface area contributed by atoms with Crippen LogP contribution >= 0.6 is 0 Å². The minimum atomic E-state index is -0.805. The van der Waals surface area contributed by atoms with Crippen molar-refractivity contribution >= 4 is 12.0 Å². The van der Waals surface area contributed by atoms with Gasteiger partial charge in [0.15, 0.2) is 0 Å². The summed E-state index contributed by atoms with van der Waals surface area (Å²) in [7, 11) is 0. The zero-order chi connectivity index (χ0) is 10.6. The van der Waals surface area contributed by atoms with E-state index in [1.54, 1.807) is 0 Å². The molecule has 0 aromatic carbocycles. The van der Waals surface area contributed by atoms with E-state index >= 15 is 0 Å². The van der Waals surface area contributed by atoms with Crippen LogP contribution in [0, 0.1) is 11.3 Å². The number of aliphatic carboxylic acids is 1. The minimum Gasteiger partial charge on any atom is -0.481 e. The van der Waals surface area contributed by atoms with Gasteiger partial charge in [0.25, 0.3) is 0 Å². The summed E-state index contributed by atoms with van der Waals surface area (Å²) in [4.78, 5) is 24.3. The summed E-state index contributed by atoms with van der Waals surface area (Å²) in [6, 6.07) is 0.